The van der Waals surface area contributed by atoms with Gasteiger partial charge >= 0.3 is 0 Å². The monoisotopic (exact) mass is 368 g/mol. The molecule has 4 aromatic rings. The molecule has 0 aliphatic carbocycles. The molecule has 7 nitrogen and oxygen atoms in total. The summed E-state index contributed by atoms with van der Waals surface area (Å²) in [5.74, 6) is 7.57. The lowest BCUT2D eigenvalue weighted by Gasteiger charge is -2.12. The molecule has 0 amide bonds. The fraction of sp³-hybridized carbons (Fsp3) is 0.143. The summed E-state index contributed by atoms with van der Waals surface area (Å²) in [4.78, 5) is 17.3. The minimum absolute atomic E-state index is 0.371. The molecule has 5 rings (SSSR count). The lowest BCUT2D eigenvalue weighted by atomic mass is 10.0. The first-order chi connectivity index (χ1) is 13.6. The second-order valence-electron chi connectivity index (χ2n) is 6.71. The number of aryl methyl sites for hydroxylation is 1. The van der Waals surface area contributed by atoms with Crippen LogP contribution in [0.5, 0.6) is 0 Å². The number of benzene rings is 1. The van der Waals surface area contributed by atoms with E-state index in [1.807, 2.05) is 41.1 Å². The van der Waals surface area contributed by atoms with Crippen molar-refractivity contribution in [2.75, 3.05) is 5.73 Å². The summed E-state index contributed by atoms with van der Waals surface area (Å²) in [6, 6.07) is 9.41. The smallest absolute Gasteiger partial charge is 0.185 e. The van der Waals surface area contributed by atoms with Crippen LogP contribution in [0.1, 0.15) is 17.8 Å². The average Bonchev–Trinajstić information content (AvgIpc) is 3.32. The number of hydrogen-bond acceptors (Lipinski definition) is 6. The van der Waals surface area contributed by atoms with Gasteiger partial charge < -0.3 is 15.4 Å². The van der Waals surface area contributed by atoms with Gasteiger partial charge in [0, 0.05) is 54.3 Å². The molecule has 0 spiro atoms. The minimum atomic E-state index is -1.22. The van der Waals surface area contributed by atoms with Crippen molar-refractivity contribution >= 4 is 16.7 Å². The maximum Gasteiger partial charge on any atom is 0.185 e. The van der Waals surface area contributed by atoms with Gasteiger partial charge in [-0.25, -0.2) is 19.9 Å². The van der Waals surface area contributed by atoms with E-state index in [1.165, 1.54) is 0 Å². The highest BCUT2D eigenvalue weighted by Crippen LogP contribution is 2.30. The molecule has 4 heterocycles. The van der Waals surface area contributed by atoms with E-state index < -0.39 is 5.60 Å². The molecule has 3 N–H and O–H groups in total. The van der Waals surface area contributed by atoms with Gasteiger partial charge in [0.2, 0.25) is 0 Å². The van der Waals surface area contributed by atoms with Crippen LogP contribution in [0.3, 0.4) is 0 Å². The third kappa shape index (κ3) is 2.68. The molecular weight excluding hydrogens is 352 g/mol. The molecule has 1 atom stereocenters. The van der Waals surface area contributed by atoms with Gasteiger partial charge in [-0.1, -0.05) is 24.0 Å². The number of imidazole rings is 1. The average molecular weight is 368 g/mol. The number of nitrogen functional groups attached to an aromatic ring is 1. The van der Waals surface area contributed by atoms with Gasteiger partial charge in [0.1, 0.15) is 11.3 Å². The molecule has 0 saturated carbocycles. The van der Waals surface area contributed by atoms with Crippen LogP contribution in [0.25, 0.3) is 22.3 Å². The second-order valence-corrected chi connectivity index (χ2v) is 6.71. The molecule has 3 aromatic heterocycles. The number of aliphatic hydroxyl groups is 1. The molecule has 1 aliphatic heterocycles. The Morgan fingerprint density at radius 1 is 1.14 bits per heavy atom. The Labute approximate surface area is 160 Å². The molecule has 0 saturated heterocycles. The molecule has 1 unspecified atom stereocenters. The van der Waals surface area contributed by atoms with E-state index in [0.717, 1.165) is 16.5 Å². The Bertz CT molecular complexity index is 1270. The molecule has 7 heteroatoms. The van der Waals surface area contributed by atoms with Gasteiger partial charge in [0.25, 0.3) is 0 Å². The summed E-state index contributed by atoms with van der Waals surface area (Å²) >= 11 is 0. The Balaban J connectivity index is 1.51. The summed E-state index contributed by atoms with van der Waals surface area (Å²) in [5.41, 5.74) is 6.91. The van der Waals surface area contributed by atoms with Crippen LogP contribution in [-0.2, 0) is 12.1 Å². The van der Waals surface area contributed by atoms with E-state index in [2.05, 4.69) is 31.8 Å². The fourth-order valence-electron chi connectivity index (χ4n) is 3.39. The Morgan fingerprint density at radius 3 is 3.00 bits per heavy atom. The largest absolute Gasteiger partial charge is 0.382 e. The quantitative estimate of drug-likeness (QED) is 0.499. The number of rotatable bonds is 1. The highest BCUT2D eigenvalue weighted by Gasteiger charge is 2.36. The summed E-state index contributed by atoms with van der Waals surface area (Å²) in [6.45, 7) is 0.709. The number of hydrogen-bond donors (Lipinski definition) is 2. The normalized spacial score (nSPS) is 17.9. The van der Waals surface area contributed by atoms with E-state index >= 15 is 0 Å². The molecular formula is C21H16N6O. The van der Waals surface area contributed by atoms with Crippen molar-refractivity contribution < 1.29 is 5.11 Å². The van der Waals surface area contributed by atoms with Crippen LogP contribution < -0.4 is 5.73 Å². The molecule has 0 radical (unpaired) electrons. The molecule has 0 bridgehead atoms. The first-order valence-corrected chi connectivity index (χ1v) is 8.87. The number of pyridine rings is 1. The first-order valence-electron chi connectivity index (χ1n) is 8.87. The zero-order valence-electron chi connectivity index (χ0n) is 14.9. The van der Waals surface area contributed by atoms with Crippen LogP contribution in [0.15, 0.2) is 55.1 Å². The molecule has 28 heavy (non-hydrogen) atoms. The number of nitrogens with two attached hydrogens (primary N) is 1. The zero-order chi connectivity index (χ0) is 19.1. The van der Waals surface area contributed by atoms with Crippen molar-refractivity contribution in [2.45, 2.75) is 18.6 Å². The number of aromatic nitrogens is 5. The first kappa shape index (κ1) is 16.4. The van der Waals surface area contributed by atoms with Crippen LogP contribution in [-0.4, -0.2) is 29.6 Å². The molecule has 0 fully saturated rings. The molecule has 1 aliphatic rings. The SMILES string of the molecule is Nc1nccc2cnc(-c3cccc(C#CC4(O)CCn5ccnc54)c3)nc12. The van der Waals surface area contributed by atoms with Gasteiger partial charge in [-0.05, 0) is 18.2 Å². The predicted octanol–water partition coefficient (Wildman–Crippen LogP) is 2.11. The van der Waals surface area contributed by atoms with E-state index in [-0.39, 0.29) is 0 Å². The van der Waals surface area contributed by atoms with Crippen LogP contribution in [0.4, 0.5) is 5.82 Å². The maximum atomic E-state index is 10.8. The Morgan fingerprint density at radius 2 is 2.07 bits per heavy atom. The highest BCUT2D eigenvalue weighted by atomic mass is 16.3. The van der Waals surface area contributed by atoms with E-state index in [0.29, 0.717) is 35.9 Å². The van der Waals surface area contributed by atoms with Crippen molar-refractivity contribution in [3.63, 3.8) is 0 Å². The maximum absolute atomic E-state index is 10.8. The lowest BCUT2D eigenvalue weighted by molar-refractivity contribution is 0.0980. The number of anilines is 1. The van der Waals surface area contributed by atoms with Crippen LogP contribution in [0.2, 0.25) is 0 Å². The standard InChI is InChI=1S/C21H16N6O/c22-18-17-16(5-8-23-18)13-25-19(26-17)15-3-1-2-14(12-15)4-6-21(28)7-10-27-11-9-24-20(21)27/h1-3,5,8-9,11-13,28H,7,10H2,(H2,22,23). The topological polar surface area (TPSA) is 103 Å². The van der Waals surface area contributed by atoms with Crippen LogP contribution in [0, 0.1) is 11.8 Å². The lowest BCUT2D eigenvalue weighted by Crippen LogP contribution is -2.20. The predicted molar refractivity (Wildman–Crippen MR) is 105 cm³/mol. The van der Waals surface area contributed by atoms with E-state index in [1.54, 1.807) is 18.6 Å². The Hall–Kier alpha value is -3.76. The van der Waals surface area contributed by atoms with E-state index in [9.17, 15) is 5.11 Å². The summed E-state index contributed by atoms with van der Waals surface area (Å²) in [7, 11) is 0. The minimum Gasteiger partial charge on any atom is -0.382 e. The third-order valence-corrected chi connectivity index (χ3v) is 4.86. The van der Waals surface area contributed by atoms with Crippen molar-refractivity contribution in [3.8, 4) is 23.2 Å². The van der Waals surface area contributed by atoms with Gasteiger partial charge in [0.05, 0.1) is 0 Å². The van der Waals surface area contributed by atoms with Crippen molar-refractivity contribution in [3.05, 3.63) is 66.5 Å². The van der Waals surface area contributed by atoms with Gasteiger partial charge in [-0.15, -0.1) is 0 Å². The summed E-state index contributed by atoms with van der Waals surface area (Å²) in [6.07, 6.45) is 7.43. The van der Waals surface area contributed by atoms with Gasteiger partial charge in [-0.3, -0.25) is 0 Å². The number of nitrogens with zero attached hydrogens (tertiary/aromatic N) is 5. The molecule has 136 valence electrons. The van der Waals surface area contributed by atoms with Gasteiger partial charge in [-0.2, -0.15) is 0 Å². The summed E-state index contributed by atoms with van der Waals surface area (Å²) < 4.78 is 1.92. The zero-order valence-corrected chi connectivity index (χ0v) is 14.9. The number of fused-ring (bicyclic) bond motifs is 2. The van der Waals surface area contributed by atoms with Crippen molar-refractivity contribution in [1.29, 1.82) is 0 Å². The third-order valence-electron chi connectivity index (χ3n) is 4.86. The van der Waals surface area contributed by atoms with Gasteiger partial charge in [0.15, 0.2) is 17.2 Å². The summed E-state index contributed by atoms with van der Waals surface area (Å²) in [5, 5.41) is 11.7. The van der Waals surface area contributed by atoms with Crippen molar-refractivity contribution in [2.24, 2.45) is 0 Å². The molecule has 1 aromatic carbocycles. The van der Waals surface area contributed by atoms with Crippen LogP contribution >= 0.6 is 0 Å². The van der Waals surface area contributed by atoms with Crippen molar-refractivity contribution in [1.82, 2.24) is 24.5 Å². The second kappa shape index (κ2) is 6.15. The Kier molecular flexibility index (Phi) is 3.60. The highest BCUT2D eigenvalue weighted by molar-refractivity contribution is 5.87. The fourth-order valence-corrected chi connectivity index (χ4v) is 3.39. The van der Waals surface area contributed by atoms with E-state index in [4.69, 9.17) is 5.73 Å².